The Morgan fingerprint density at radius 1 is 0.727 bits per heavy atom. The lowest BCUT2D eigenvalue weighted by molar-refractivity contribution is 0.170. The van der Waals surface area contributed by atoms with Crippen molar-refractivity contribution in [3.8, 4) is 0 Å². The molecule has 0 unspecified atom stereocenters. The fourth-order valence-electron chi connectivity index (χ4n) is 1.40. The van der Waals surface area contributed by atoms with Gasteiger partial charge in [0.25, 0.3) is 0 Å². The molecular weight excluding hydrogens is 306 g/mol. The first-order valence-corrected chi connectivity index (χ1v) is 14.6. The molecule has 5 heteroatoms. The molecule has 0 bridgehead atoms. The summed E-state index contributed by atoms with van der Waals surface area (Å²) in [6, 6.07) is 0. The van der Waals surface area contributed by atoms with Gasteiger partial charge in [-0.05, 0) is 55.5 Å². The highest BCUT2D eigenvalue weighted by Gasteiger charge is 2.38. The first-order chi connectivity index (χ1) is 9.71. The van der Waals surface area contributed by atoms with E-state index in [-0.39, 0.29) is 5.04 Å². The fourth-order valence-corrected chi connectivity index (χ4v) is 3.26. The van der Waals surface area contributed by atoms with E-state index in [0.29, 0.717) is 5.04 Å². The van der Waals surface area contributed by atoms with Crippen LogP contribution in [0.5, 0.6) is 0 Å². The first-order valence-electron chi connectivity index (χ1n) is 8.75. The number of nitrogens with one attached hydrogen (secondary N) is 1. The molecule has 0 aromatic rings. The summed E-state index contributed by atoms with van der Waals surface area (Å²) in [5, 5.41) is 0.572. The predicted octanol–water partition coefficient (Wildman–Crippen LogP) is 5.70. The van der Waals surface area contributed by atoms with E-state index in [2.05, 4.69) is 73.2 Å². The molecule has 0 radical (unpaired) electrons. The minimum atomic E-state index is -1.66. The largest absolute Gasteiger partial charge is 0.417 e. The molecule has 0 amide bonds. The Kier molecular flexibility index (Phi) is 8.54. The van der Waals surface area contributed by atoms with Gasteiger partial charge in [-0.25, -0.2) is 5.48 Å². The van der Waals surface area contributed by atoms with Crippen molar-refractivity contribution in [3.05, 3.63) is 0 Å². The first kappa shape index (κ1) is 22.3. The van der Waals surface area contributed by atoms with Crippen molar-refractivity contribution in [2.45, 2.75) is 97.1 Å². The molecule has 0 rings (SSSR count). The van der Waals surface area contributed by atoms with Gasteiger partial charge in [0, 0.05) is 13.2 Å². The van der Waals surface area contributed by atoms with Crippen LogP contribution in [0.4, 0.5) is 0 Å². The van der Waals surface area contributed by atoms with Gasteiger partial charge in [0.1, 0.15) is 0 Å². The lowest BCUT2D eigenvalue weighted by Crippen LogP contribution is -2.45. The normalized spacial score (nSPS) is 14.5. The van der Waals surface area contributed by atoms with Crippen LogP contribution in [0, 0.1) is 0 Å². The second-order valence-electron chi connectivity index (χ2n) is 9.43. The van der Waals surface area contributed by atoms with Gasteiger partial charge in [0.2, 0.25) is 8.32 Å². The maximum atomic E-state index is 6.19. The van der Waals surface area contributed by atoms with E-state index in [1.807, 2.05) is 0 Å². The molecule has 1 N–H and O–H groups in total. The molecule has 0 spiro atoms. The van der Waals surface area contributed by atoms with E-state index in [1.54, 1.807) is 0 Å². The Bertz CT molecular complexity index is 286. The molecule has 0 aromatic heterocycles. The number of hydrogen-bond donors (Lipinski definition) is 1. The molecule has 0 aromatic carbocycles. The lowest BCUT2D eigenvalue weighted by atomic mass is 10.2. The Hall–Kier alpha value is 0.314. The standard InChI is InChI=1S/C17H41NO2Si2/c1-16(2,3)21(7,8)19-15-13-11-12-14-18-20-22(9,10)17(4,5)6/h18H,11-15H2,1-10H3. The third-order valence-corrected chi connectivity index (χ3v) is 14.1. The third kappa shape index (κ3) is 7.73. The van der Waals surface area contributed by atoms with E-state index in [0.717, 1.165) is 26.0 Å². The van der Waals surface area contributed by atoms with Crippen molar-refractivity contribution in [3.63, 3.8) is 0 Å². The van der Waals surface area contributed by atoms with E-state index >= 15 is 0 Å². The van der Waals surface area contributed by atoms with Crippen molar-refractivity contribution < 1.29 is 8.95 Å². The van der Waals surface area contributed by atoms with Crippen molar-refractivity contribution in [1.29, 1.82) is 0 Å². The smallest absolute Gasteiger partial charge is 0.219 e. The van der Waals surface area contributed by atoms with Gasteiger partial charge in [-0.3, -0.25) is 0 Å². The SMILES string of the molecule is CC(C)(C)[Si](C)(C)OCCCCCNO[Si](C)(C)C(C)(C)C. The van der Waals surface area contributed by atoms with Crippen LogP contribution in [0.25, 0.3) is 0 Å². The Balaban J connectivity index is 3.73. The Morgan fingerprint density at radius 3 is 1.68 bits per heavy atom. The minimum absolute atomic E-state index is 0.261. The zero-order valence-electron chi connectivity index (χ0n) is 16.9. The number of hydroxylamine groups is 1. The Morgan fingerprint density at radius 2 is 1.23 bits per heavy atom. The summed E-state index contributed by atoms with van der Waals surface area (Å²) < 4.78 is 12.2. The molecule has 0 saturated carbocycles. The molecule has 22 heavy (non-hydrogen) atoms. The quantitative estimate of drug-likeness (QED) is 0.329. The summed E-state index contributed by atoms with van der Waals surface area (Å²) in [5.74, 6) is 0. The molecule has 0 atom stereocenters. The fraction of sp³-hybridized carbons (Fsp3) is 1.00. The number of unbranched alkanes of at least 4 members (excludes halogenated alkanes) is 2. The second kappa shape index (κ2) is 8.42. The summed E-state index contributed by atoms with van der Waals surface area (Å²) in [4.78, 5) is 0. The summed E-state index contributed by atoms with van der Waals surface area (Å²) in [6.45, 7) is 24.7. The average molecular weight is 348 g/mol. The van der Waals surface area contributed by atoms with E-state index < -0.39 is 16.6 Å². The zero-order valence-corrected chi connectivity index (χ0v) is 18.9. The molecule has 134 valence electrons. The monoisotopic (exact) mass is 347 g/mol. The van der Waals surface area contributed by atoms with Crippen molar-refractivity contribution in [1.82, 2.24) is 5.48 Å². The molecule has 0 aliphatic carbocycles. The number of rotatable bonds is 9. The molecule has 0 saturated heterocycles. The van der Waals surface area contributed by atoms with Crippen LogP contribution in [0.15, 0.2) is 0 Å². The highest BCUT2D eigenvalue weighted by Crippen LogP contribution is 2.37. The molecule has 3 nitrogen and oxygen atoms in total. The highest BCUT2D eigenvalue weighted by molar-refractivity contribution is 6.74. The molecule has 0 aliphatic heterocycles. The second-order valence-corrected chi connectivity index (χ2v) is 19.0. The predicted molar refractivity (Wildman–Crippen MR) is 103 cm³/mol. The van der Waals surface area contributed by atoms with Gasteiger partial charge in [0.05, 0.1) is 0 Å². The zero-order chi connectivity index (χ0) is 17.7. The maximum absolute atomic E-state index is 6.19. The van der Waals surface area contributed by atoms with Crippen molar-refractivity contribution >= 4 is 16.6 Å². The topological polar surface area (TPSA) is 30.5 Å². The van der Waals surface area contributed by atoms with E-state index in [1.165, 1.54) is 6.42 Å². The molecule has 0 heterocycles. The van der Waals surface area contributed by atoms with Crippen LogP contribution in [-0.4, -0.2) is 29.8 Å². The van der Waals surface area contributed by atoms with Crippen LogP contribution in [0.2, 0.25) is 36.3 Å². The van der Waals surface area contributed by atoms with Crippen molar-refractivity contribution in [2.75, 3.05) is 13.2 Å². The van der Waals surface area contributed by atoms with Crippen LogP contribution < -0.4 is 5.48 Å². The molecule has 0 fully saturated rings. The number of hydrogen-bond acceptors (Lipinski definition) is 3. The van der Waals surface area contributed by atoms with Crippen LogP contribution in [-0.2, 0) is 8.95 Å². The lowest BCUT2D eigenvalue weighted by Gasteiger charge is -2.36. The highest BCUT2D eigenvalue weighted by atomic mass is 28.4. The van der Waals surface area contributed by atoms with E-state index in [4.69, 9.17) is 8.95 Å². The maximum Gasteiger partial charge on any atom is 0.219 e. The molecule has 0 aliphatic rings. The van der Waals surface area contributed by atoms with Gasteiger partial charge in [-0.15, -0.1) is 0 Å². The van der Waals surface area contributed by atoms with Crippen LogP contribution in [0.3, 0.4) is 0 Å². The van der Waals surface area contributed by atoms with Crippen molar-refractivity contribution in [2.24, 2.45) is 0 Å². The Labute approximate surface area is 141 Å². The summed E-state index contributed by atoms with van der Waals surface area (Å²) >= 11 is 0. The third-order valence-electron chi connectivity index (χ3n) is 5.33. The van der Waals surface area contributed by atoms with Gasteiger partial charge in [-0.2, -0.15) is 0 Å². The van der Waals surface area contributed by atoms with E-state index in [9.17, 15) is 0 Å². The minimum Gasteiger partial charge on any atom is -0.417 e. The van der Waals surface area contributed by atoms with Gasteiger partial charge < -0.3 is 8.95 Å². The summed E-state index contributed by atoms with van der Waals surface area (Å²) in [6.07, 6.45) is 3.49. The van der Waals surface area contributed by atoms with Gasteiger partial charge >= 0.3 is 0 Å². The van der Waals surface area contributed by atoms with Gasteiger partial charge in [-0.1, -0.05) is 41.5 Å². The summed E-state index contributed by atoms with van der Waals surface area (Å²) in [7, 11) is -3.22. The van der Waals surface area contributed by atoms with Crippen LogP contribution in [0.1, 0.15) is 60.8 Å². The molecular formula is C17H41NO2Si2. The average Bonchev–Trinajstić information content (AvgIpc) is 2.29. The van der Waals surface area contributed by atoms with Gasteiger partial charge in [0.15, 0.2) is 8.32 Å². The van der Waals surface area contributed by atoms with Crippen LogP contribution >= 0.6 is 0 Å². The summed E-state index contributed by atoms with van der Waals surface area (Å²) in [5.41, 5.74) is 3.19.